The first-order valence-electron chi connectivity index (χ1n) is 8.86. The molecule has 1 aliphatic heterocycles. The Kier molecular flexibility index (Phi) is 5.43. The van der Waals surface area contributed by atoms with E-state index in [0.717, 1.165) is 0 Å². The molecular weight excluding hydrogens is 367 g/mol. The van der Waals surface area contributed by atoms with Crippen LogP contribution in [0.2, 0.25) is 0 Å². The van der Waals surface area contributed by atoms with Crippen molar-refractivity contribution < 1.29 is 19.1 Å². The van der Waals surface area contributed by atoms with Crippen LogP contribution in [0.15, 0.2) is 29.1 Å². The molecule has 1 aromatic carbocycles. The summed E-state index contributed by atoms with van der Waals surface area (Å²) < 4.78 is 14.2. The van der Waals surface area contributed by atoms with Crippen LogP contribution in [0.3, 0.4) is 0 Å². The third-order valence-corrected chi connectivity index (χ3v) is 4.94. The topological polar surface area (TPSA) is 105 Å². The monoisotopic (exact) mass is 388 g/mol. The second-order valence-electron chi connectivity index (χ2n) is 6.77. The van der Waals surface area contributed by atoms with E-state index >= 15 is 0 Å². The predicted molar refractivity (Wildman–Crippen MR) is 98.3 cm³/mol. The van der Waals surface area contributed by atoms with Crippen molar-refractivity contribution in [3.05, 3.63) is 57.5 Å². The maximum atomic E-state index is 12.9. The molecular formula is C19H21FN4O4. The number of aryl methyl sites for hydroxylation is 1. The van der Waals surface area contributed by atoms with E-state index in [4.69, 9.17) is 0 Å². The number of carbonyl (C=O) groups excluding carboxylic acids is 2. The Morgan fingerprint density at radius 3 is 2.68 bits per heavy atom. The lowest BCUT2D eigenvalue weighted by Gasteiger charge is -2.32. The Morgan fingerprint density at radius 2 is 2.04 bits per heavy atom. The van der Waals surface area contributed by atoms with E-state index in [2.05, 4.69) is 10.3 Å². The largest absolute Gasteiger partial charge is 0.501 e. The Labute approximate surface area is 160 Å². The molecule has 0 bridgehead atoms. The van der Waals surface area contributed by atoms with Crippen LogP contribution < -0.4 is 10.9 Å². The van der Waals surface area contributed by atoms with Gasteiger partial charge in [0.05, 0.1) is 0 Å². The Hall–Kier alpha value is -3.23. The smallest absolute Gasteiger partial charge is 0.296 e. The van der Waals surface area contributed by atoms with E-state index in [1.54, 1.807) is 11.9 Å². The first-order chi connectivity index (χ1) is 13.3. The van der Waals surface area contributed by atoms with Crippen LogP contribution in [0.5, 0.6) is 5.75 Å². The van der Waals surface area contributed by atoms with Gasteiger partial charge in [0.15, 0.2) is 5.69 Å². The molecule has 2 amide bonds. The number of aromatic nitrogens is 2. The zero-order valence-corrected chi connectivity index (χ0v) is 15.6. The maximum Gasteiger partial charge on any atom is 0.296 e. The zero-order chi connectivity index (χ0) is 20.4. The molecule has 1 aromatic heterocycles. The maximum absolute atomic E-state index is 12.9. The van der Waals surface area contributed by atoms with Crippen LogP contribution in [0.4, 0.5) is 4.39 Å². The SMILES string of the molecule is CC(=O)N(C)C1CCc2nc(C(=O)NCc3ccc(F)cc3)c(O)c(=O)n2C1. The summed E-state index contributed by atoms with van der Waals surface area (Å²) in [6.45, 7) is 1.76. The van der Waals surface area contributed by atoms with Crippen LogP contribution in [0.25, 0.3) is 0 Å². The highest BCUT2D eigenvalue weighted by Crippen LogP contribution is 2.19. The van der Waals surface area contributed by atoms with Gasteiger partial charge in [0, 0.05) is 39.5 Å². The van der Waals surface area contributed by atoms with Crippen molar-refractivity contribution in [2.45, 2.75) is 38.9 Å². The third-order valence-electron chi connectivity index (χ3n) is 4.94. The number of amides is 2. The zero-order valence-electron chi connectivity index (χ0n) is 15.6. The second-order valence-corrected chi connectivity index (χ2v) is 6.77. The van der Waals surface area contributed by atoms with Crippen LogP contribution in [0, 0.1) is 5.82 Å². The molecule has 0 saturated heterocycles. The van der Waals surface area contributed by atoms with E-state index in [1.165, 1.54) is 35.8 Å². The predicted octanol–water partition coefficient (Wildman–Crippen LogP) is 0.811. The van der Waals surface area contributed by atoms with E-state index in [9.17, 15) is 23.9 Å². The summed E-state index contributed by atoms with van der Waals surface area (Å²) in [5.74, 6) is -1.53. The number of aromatic hydroxyl groups is 1. The Balaban J connectivity index is 1.79. The summed E-state index contributed by atoms with van der Waals surface area (Å²) in [6, 6.07) is 5.42. The minimum Gasteiger partial charge on any atom is -0.501 e. The van der Waals surface area contributed by atoms with Crippen molar-refractivity contribution in [2.75, 3.05) is 7.05 Å². The number of halogens is 1. The van der Waals surface area contributed by atoms with E-state index in [1.807, 2.05) is 0 Å². The molecule has 0 aliphatic carbocycles. The third kappa shape index (κ3) is 3.88. The average Bonchev–Trinajstić information content (AvgIpc) is 2.69. The lowest BCUT2D eigenvalue weighted by atomic mass is 10.0. The van der Waals surface area contributed by atoms with Crippen LogP contribution in [0.1, 0.15) is 35.2 Å². The number of nitrogens with one attached hydrogen (secondary N) is 1. The summed E-state index contributed by atoms with van der Waals surface area (Å²) in [6.07, 6.45) is 1.000. The number of hydrogen-bond acceptors (Lipinski definition) is 5. The molecule has 2 aromatic rings. The number of likely N-dealkylation sites (N-methyl/N-ethyl adjacent to an activating group) is 1. The van der Waals surface area contributed by atoms with Gasteiger partial charge in [0.25, 0.3) is 11.5 Å². The minimum atomic E-state index is -0.730. The molecule has 0 spiro atoms. The minimum absolute atomic E-state index is 0.101. The van der Waals surface area contributed by atoms with Crippen molar-refractivity contribution in [2.24, 2.45) is 0 Å². The summed E-state index contributed by atoms with van der Waals surface area (Å²) in [4.78, 5) is 42.2. The van der Waals surface area contributed by atoms with Crippen LogP contribution >= 0.6 is 0 Å². The molecule has 148 valence electrons. The van der Waals surface area contributed by atoms with Crippen molar-refractivity contribution in [1.29, 1.82) is 0 Å². The Bertz CT molecular complexity index is 971. The number of hydrogen-bond donors (Lipinski definition) is 2. The molecule has 0 radical (unpaired) electrons. The van der Waals surface area contributed by atoms with E-state index < -0.39 is 17.2 Å². The summed E-state index contributed by atoms with van der Waals surface area (Å²) in [5, 5.41) is 12.8. The first kappa shape index (κ1) is 19.5. The molecule has 0 saturated carbocycles. The van der Waals surface area contributed by atoms with Crippen molar-refractivity contribution in [1.82, 2.24) is 19.8 Å². The molecule has 9 heteroatoms. The quantitative estimate of drug-likeness (QED) is 0.807. The lowest BCUT2D eigenvalue weighted by Crippen LogP contribution is -2.45. The van der Waals surface area contributed by atoms with Crippen molar-refractivity contribution in [3.63, 3.8) is 0 Å². The number of rotatable bonds is 4. The number of fused-ring (bicyclic) bond motifs is 1. The number of nitrogens with zero attached hydrogens (tertiary/aromatic N) is 3. The van der Waals surface area contributed by atoms with Gasteiger partial charge in [-0.1, -0.05) is 12.1 Å². The lowest BCUT2D eigenvalue weighted by molar-refractivity contribution is -0.130. The van der Waals surface area contributed by atoms with Gasteiger partial charge < -0.3 is 15.3 Å². The van der Waals surface area contributed by atoms with Gasteiger partial charge in [-0.05, 0) is 24.1 Å². The fraction of sp³-hybridized carbons (Fsp3) is 0.368. The van der Waals surface area contributed by atoms with Gasteiger partial charge >= 0.3 is 0 Å². The highest BCUT2D eigenvalue weighted by molar-refractivity contribution is 5.94. The highest BCUT2D eigenvalue weighted by atomic mass is 19.1. The summed E-state index contributed by atoms with van der Waals surface area (Å²) >= 11 is 0. The second kappa shape index (κ2) is 7.79. The normalized spacial score (nSPS) is 15.6. The average molecular weight is 388 g/mol. The van der Waals surface area contributed by atoms with Gasteiger partial charge in [0.1, 0.15) is 11.6 Å². The molecule has 1 atom stereocenters. The number of carbonyl (C=O) groups is 2. The van der Waals surface area contributed by atoms with Gasteiger partial charge in [-0.3, -0.25) is 19.0 Å². The van der Waals surface area contributed by atoms with Gasteiger partial charge in [-0.2, -0.15) is 0 Å². The molecule has 2 N–H and O–H groups in total. The highest BCUT2D eigenvalue weighted by Gasteiger charge is 2.28. The Morgan fingerprint density at radius 1 is 1.36 bits per heavy atom. The summed E-state index contributed by atoms with van der Waals surface area (Å²) in [5.41, 5.74) is -0.380. The first-order valence-corrected chi connectivity index (χ1v) is 8.86. The fourth-order valence-electron chi connectivity index (χ4n) is 3.17. The van der Waals surface area contributed by atoms with Gasteiger partial charge in [-0.25, -0.2) is 9.37 Å². The van der Waals surface area contributed by atoms with Crippen LogP contribution in [-0.2, 0) is 24.3 Å². The van der Waals surface area contributed by atoms with Gasteiger partial charge in [0.2, 0.25) is 11.7 Å². The molecule has 0 fully saturated rings. The van der Waals surface area contributed by atoms with E-state index in [0.29, 0.717) is 24.2 Å². The standard InChI is InChI=1S/C19H21FN4O4/c1-11(25)23(2)14-7-8-15-22-16(17(26)19(28)24(15)10-14)18(27)21-9-12-3-5-13(20)6-4-12/h3-6,14,26H,7-10H2,1-2H3,(H,21,27). The molecule has 8 nitrogen and oxygen atoms in total. The fourth-order valence-corrected chi connectivity index (χ4v) is 3.17. The summed E-state index contributed by atoms with van der Waals surface area (Å²) in [7, 11) is 1.66. The number of benzene rings is 1. The van der Waals surface area contributed by atoms with Crippen molar-refractivity contribution in [3.8, 4) is 5.75 Å². The van der Waals surface area contributed by atoms with Crippen LogP contribution in [-0.4, -0.2) is 44.5 Å². The molecule has 1 unspecified atom stereocenters. The van der Waals surface area contributed by atoms with Gasteiger partial charge in [-0.15, -0.1) is 0 Å². The van der Waals surface area contributed by atoms with E-state index in [-0.39, 0.29) is 36.5 Å². The molecule has 3 rings (SSSR count). The molecule has 28 heavy (non-hydrogen) atoms. The molecule has 1 aliphatic rings. The van der Waals surface area contributed by atoms with Crippen molar-refractivity contribution >= 4 is 11.8 Å². The molecule has 2 heterocycles.